The highest BCUT2D eigenvalue weighted by Crippen LogP contribution is 2.44. The summed E-state index contributed by atoms with van der Waals surface area (Å²) in [6.45, 7) is 11.1. The summed E-state index contributed by atoms with van der Waals surface area (Å²) < 4.78 is 2.64. The van der Waals surface area contributed by atoms with E-state index < -0.39 is 10.2 Å². The molecule has 0 radical (unpaired) electrons. The highest BCUT2D eigenvalue weighted by Gasteiger charge is 2.18. The lowest BCUT2D eigenvalue weighted by molar-refractivity contribution is 0.511. The Hall–Kier alpha value is -1.51. The van der Waals surface area contributed by atoms with Gasteiger partial charge in [-0.2, -0.15) is 10.2 Å². The molecule has 0 fully saturated rings. The zero-order chi connectivity index (χ0) is 18.3. The van der Waals surface area contributed by atoms with E-state index in [0.717, 1.165) is 25.1 Å². The number of benzene rings is 2. The van der Waals surface area contributed by atoms with Crippen molar-refractivity contribution < 1.29 is 0 Å². The third-order valence-corrected chi connectivity index (χ3v) is 8.14. The maximum absolute atomic E-state index is 4.26. The average Bonchev–Trinajstić information content (AvgIpc) is 2.63. The van der Waals surface area contributed by atoms with Gasteiger partial charge in [0.05, 0.1) is 0 Å². The minimum absolute atomic E-state index is 0.631. The second kappa shape index (κ2) is 9.26. The third-order valence-electron chi connectivity index (χ3n) is 4.94. The van der Waals surface area contributed by atoms with Crippen LogP contribution < -0.4 is 0 Å². The fourth-order valence-corrected chi connectivity index (χ4v) is 5.87. The number of nitrogens with zero attached hydrogens (tertiary/aromatic N) is 1. The van der Waals surface area contributed by atoms with Crippen LogP contribution >= 0.6 is 10.2 Å². The highest BCUT2D eigenvalue weighted by molar-refractivity contribution is 8.30. The molecule has 0 N–H and O–H groups in total. The molecule has 0 aliphatic rings. The van der Waals surface area contributed by atoms with Gasteiger partial charge in [-0.1, -0.05) is 75.0 Å². The Labute approximate surface area is 156 Å². The zero-order valence-corrected chi connectivity index (χ0v) is 17.1. The van der Waals surface area contributed by atoms with Crippen molar-refractivity contribution in [3.05, 3.63) is 77.9 Å². The Bertz CT molecular complexity index is 654. The molecule has 25 heavy (non-hydrogen) atoms. The van der Waals surface area contributed by atoms with Crippen molar-refractivity contribution in [3.8, 4) is 0 Å². The monoisotopic (exact) mass is 355 g/mol. The van der Waals surface area contributed by atoms with E-state index in [1.54, 1.807) is 0 Å². The molecule has 0 aliphatic heterocycles. The Kier molecular flexibility index (Phi) is 7.34. The van der Waals surface area contributed by atoms with Crippen LogP contribution in [0.15, 0.2) is 61.2 Å². The molecule has 0 unspecified atom stereocenters. The minimum Gasteiger partial charge on any atom is -0.269 e. The van der Waals surface area contributed by atoms with Gasteiger partial charge in [0, 0.05) is 13.1 Å². The molecule has 136 valence electrons. The van der Waals surface area contributed by atoms with Crippen molar-refractivity contribution in [1.82, 2.24) is 4.31 Å². The lowest BCUT2D eigenvalue weighted by Gasteiger charge is -2.42. The lowest BCUT2D eigenvalue weighted by Crippen LogP contribution is -2.28. The van der Waals surface area contributed by atoms with Crippen LogP contribution in [-0.2, 0) is 6.42 Å². The summed E-state index contributed by atoms with van der Waals surface area (Å²) in [4.78, 5) is 0. The van der Waals surface area contributed by atoms with Gasteiger partial charge in [-0.15, -0.1) is 0 Å². The smallest absolute Gasteiger partial charge is 0.00453 e. The van der Waals surface area contributed by atoms with Crippen molar-refractivity contribution in [2.75, 3.05) is 31.4 Å². The van der Waals surface area contributed by atoms with Crippen LogP contribution in [0.3, 0.4) is 0 Å². The first-order chi connectivity index (χ1) is 12.0. The van der Waals surface area contributed by atoms with Gasteiger partial charge in [0.25, 0.3) is 0 Å². The fourth-order valence-electron chi connectivity index (χ4n) is 3.36. The van der Waals surface area contributed by atoms with Gasteiger partial charge in [0.15, 0.2) is 0 Å². The summed E-state index contributed by atoms with van der Waals surface area (Å²) in [6.07, 6.45) is 7.33. The summed E-state index contributed by atoms with van der Waals surface area (Å²) >= 11 is 0. The number of rotatable bonds is 9. The van der Waals surface area contributed by atoms with Gasteiger partial charge in [-0.05, 0) is 53.4 Å². The van der Waals surface area contributed by atoms with Crippen LogP contribution in [0.2, 0.25) is 0 Å². The van der Waals surface area contributed by atoms with Crippen molar-refractivity contribution in [2.24, 2.45) is 0 Å². The Morgan fingerprint density at radius 1 is 0.880 bits per heavy atom. The van der Waals surface area contributed by atoms with Crippen LogP contribution in [0.1, 0.15) is 37.0 Å². The maximum atomic E-state index is 4.26. The Morgan fingerprint density at radius 2 is 1.44 bits per heavy atom. The quantitative estimate of drug-likeness (QED) is 0.533. The topological polar surface area (TPSA) is 3.24 Å². The summed E-state index contributed by atoms with van der Waals surface area (Å²) in [5.74, 6) is 1.31. The molecule has 0 aliphatic carbocycles. The van der Waals surface area contributed by atoms with E-state index in [-0.39, 0.29) is 0 Å². The molecule has 1 nitrogen and oxygen atoms in total. The predicted octanol–water partition coefficient (Wildman–Crippen LogP) is 6.00. The molecule has 0 saturated heterocycles. The largest absolute Gasteiger partial charge is 0.269 e. The van der Waals surface area contributed by atoms with E-state index in [4.69, 9.17) is 0 Å². The van der Waals surface area contributed by atoms with E-state index in [9.17, 15) is 0 Å². The minimum atomic E-state index is -0.631. The summed E-state index contributed by atoms with van der Waals surface area (Å²) in [6, 6.07) is 19.4. The number of hydrogen-bond acceptors (Lipinski definition) is 1. The zero-order valence-electron chi connectivity index (χ0n) is 16.3. The SMILES string of the molecule is C=C(c1ccccc1)c1ccc(CCCS(C)(C)N(CC)CC)cc1. The Balaban J connectivity index is 1.92. The first kappa shape index (κ1) is 19.8. The first-order valence-corrected chi connectivity index (χ1v) is 11.8. The van der Waals surface area contributed by atoms with Crippen LogP contribution in [0, 0.1) is 0 Å². The molecule has 2 heteroatoms. The first-order valence-electron chi connectivity index (χ1n) is 9.27. The van der Waals surface area contributed by atoms with Crippen molar-refractivity contribution in [2.45, 2.75) is 26.7 Å². The van der Waals surface area contributed by atoms with Crippen LogP contribution in [0.4, 0.5) is 0 Å². The van der Waals surface area contributed by atoms with Gasteiger partial charge in [-0.3, -0.25) is 4.31 Å². The molecular formula is C23H33NS. The second-order valence-electron chi connectivity index (χ2n) is 6.94. The van der Waals surface area contributed by atoms with Crippen LogP contribution in [-0.4, -0.2) is 35.7 Å². The van der Waals surface area contributed by atoms with E-state index in [2.05, 4.69) is 85.8 Å². The standard InChI is InChI=1S/C23H33NS/c1-6-24(7-2)25(4,5)19-11-12-21-15-17-23(18-16-21)20(3)22-13-9-8-10-14-22/h8-10,13-18H,3,6-7,11-12,19H2,1-2,4-5H3. The van der Waals surface area contributed by atoms with E-state index >= 15 is 0 Å². The molecule has 0 amide bonds. The van der Waals surface area contributed by atoms with E-state index in [1.165, 1.54) is 28.9 Å². The number of hydrogen-bond donors (Lipinski definition) is 0. The van der Waals surface area contributed by atoms with E-state index in [1.807, 2.05) is 6.07 Å². The molecule has 0 heterocycles. The lowest BCUT2D eigenvalue weighted by atomic mass is 9.98. The highest BCUT2D eigenvalue weighted by atomic mass is 32.3. The molecule has 2 rings (SSSR count). The molecule has 0 atom stereocenters. The van der Waals surface area contributed by atoms with Gasteiger partial charge < -0.3 is 0 Å². The molecule has 2 aromatic carbocycles. The molecule has 0 aromatic heterocycles. The predicted molar refractivity (Wildman–Crippen MR) is 117 cm³/mol. The summed E-state index contributed by atoms with van der Waals surface area (Å²) in [5.41, 5.74) is 4.93. The van der Waals surface area contributed by atoms with Crippen molar-refractivity contribution >= 4 is 15.8 Å². The van der Waals surface area contributed by atoms with Crippen molar-refractivity contribution in [1.29, 1.82) is 0 Å². The maximum Gasteiger partial charge on any atom is 0.00453 e. The summed E-state index contributed by atoms with van der Waals surface area (Å²) in [5, 5.41) is 0. The van der Waals surface area contributed by atoms with E-state index in [0.29, 0.717) is 0 Å². The van der Waals surface area contributed by atoms with Crippen LogP contribution in [0.5, 0.6) is 0 Å². The van der Waals surface area contributed by atoms with Gasteiger partial charge in [-0.25, -0.2) is 0 Å². The second-order valence-corrected chi connectivity index (χ2v) is 10.8. The van der Waals surface area contributed by atoms with Crippen LogP contribution in [0.25, 0.3) is 5.57 Å². The Morgan fingerprint density at radius 3 is 2.00 bits per heavy atom. The molecular weight excluding hydrogens is 322 g/mol. The summed E-state index contributed by atoms with van der Waals surface area (Å²) in [7, 11) is -0.631. The molecule has 0 saturated carbocycles. The third kappa shape index (κ3) is 5.49. The molecule has 2 aromatic rings. The van der Waals surface area contributed by atoms with Gasteiger partial charge >= 0.3 is 0 Å². The number of aryl methyl sites for hydroxylation is 1. The van der Waals surface area contributed by atoms with Crippen molar-refractivity contribution in [3.63, 3.8) is 0 Å². The molecule has 0 spiro atoms. The molecule has 0 bridgehead atoms. The normalized spacial score (nSPS) is 12.4. The average molecular weight is 356 g/mol. The van der Waals surface area contributed by atoms with Gasteiger partial charge in [0.1, 0.15) is 0 Å². The van der Waals surface area contributed by atoms with Gasteiger partial charge in [0.2, 0.25) is 0 Å². The fraction of sp³-hybridized carbons (Fsp3) is 0.391.